The van der Waals surface area contributed by atoms with Crippen LogP contribution in [0.15, 0.2) is 24.7 Å². The summed E-state index contributed by atoms with van der Waals surface area (Å²) in [5.74, 6) is -2.18. The number of nitrogens with zero attached hydrogens (tertiary/aromatic N) is 4. The van der Waals surface area contributed by atoms with Crippen molar-refractivity contribution in [1.29, 1.82) is 0 Å². The Labute approximate surface area is 152 Å². The summed E-state index contributed by atoms with van der Waals surface area (Å²) in [6, 6.07) is 1.84. The lowest BCUT2D eigenvalue weighted by Gasteiger charge is -2.32. The van der Waals surface area contributed by atoms with E-state index in [0.29, 0.717) is 24.2 Å². The van der Waals surface area contributed by atoms with Crippen LogP contribution in [-0.4, -0.2) is 57.9 Å². The molecule has 1 atom stereocenters. The molecule has 0 saturated carbocycles. The number of aromatic nitrogens is 4. The van der Waals surface area contributed by atoms with Crippen molar-refractivity contribution >= 4 is 31.8 Å². The molecule has 1 N–H and O–H groups in total. The molecule has 0 amide bonds. The second-order valence-electron chi connectivity index (χ2n) is 6.63. The number of halogens is 3. The number of sulfonamides is 1. The molecular formula is C16H16F3N5O2S. The van der Waals surface area contributed by atoms with Crippen LogP contribution < -0.4 is 0 Å². The van der Waals surface area contributed by atoms with Gasteiger partial charge >= 0.3 is 6.18 Å². The summed E-state index contributed by atoms with van der Waals surface area (Å²) < 4.78 is 63.2. The van der Waals surface area contributed by atoms with Crippen molar-refractivity contribution in [3.63, 3.8) is 0 Å². The Kier molecular flexibility index (Phi) is 4.30. The number of H-pyrrole nitrogens is 1. The third-order valence-corrected chi connectivity index (χ3v) is 6.56. The molecule has 3 aromatic rings. The summed E-state index contributed by atoms with van der Waals surface area (Å²) in [5.41, 5.74) is 1.25. The fourth-order valence-corrected chi connectivity index (χ4v) is 5.02. The molecule has 1 saturated heterocycles. The third kappa shape index (κ3) is 3.48. The Bertz CT molecular complexity index is 1100. The quantitative estimate of drug-likeness (QED) is 0.731. The van der Waals surface area contributed by atoms with Crippen LogP contribution in [0.4, 0.5) is 13.2 Å². The van der Waals surface area contributed by atoms with E-state index in [-0.39, 0.29) is 19.0 Å². The molecule has 4 rings (SSSR count). The normalized spacial score (nSPS) is 19.7. The molecule has 7 nitrogen and oxygen atoms in total. The number of alkyl halides is 3. The number of fused-ring (bicyclic) bond motifs is 3. The van der Waals surface area contributed by atoms with E-state index in [9.17, 15) is 21.6 Å². The highest BCUT2D eigenvalue weighted by Gasteiger charge is 2.40. The minimum atomic E-state index is -4.77. The maximum Gasteiger partial charge on any atom is 0.404 e. The second kappa shape index (κ2) is 6.41. The van der Waals surface area contributed by atoms with Gasteiger partial charge in [-0.15, -0.1) is 0 Å². The van der Waals surface area contributed by atoms with E-state index in [4.69, 9.17) is 0 Å². The first kappa shape index (κ1) is 18.1. The monoisotopic (exact) mass is 399 g/mol. The van der Waals surface area contributed by atoms with Gasteiger partial charge in [0.25, 0.3) is 0 Å². The predicted molar refractivity (Wildman–Crippen MR) is 92.6 cm³/mol. The number of piperidine rings is 1. The van der Waals surface area contributed by atoms with Gasteiger partial charge in [0.2, 0.25) is 10.0 Å². The van der Waals surface area contributed by atoms with Crippen molar-refractivity contribution in [2.75, 3.05) is 18.8 Å². The first-order chi connectivity index (χ1) is 12.7. The number of aromatic amines is 1. The Hall–Kier alpha value is -2.27. The zero-order valence-electron chi connectivity index (χ0n) is 14.1. The molecule has 0 radical (unpaired) electrons. The zero-order valence-corrected chi connectivity index (χ0v) is 14.9. The van der Waals surface area contributed by atoms with Crippen molar-refractivity contribution < 1.29 is 21.6 Å². The molecule has 0 aliphatic carbocycles. The fraction of sp³-hybridized carbons (Fsp3) is 0.438. The summed E-state index contributed by atoms with van der Waals surface area (Å²) in [6.45, 7) is 0.0364. The van der Waals surface area contributed by atoms with Gasteiger partial charge in [0, 0.05) is 47.6 Å². The molecule has 4 heterocycles. The smallest absolute Gasteiger partial charge is 0.346 e. The average Bonchev–Trinajstić information content (AvgIpc) is 3.08. The highest BCUT2D eigenvalue weighted by Crippen LogP contribution is 2.34. The lowest BCUT2D eigenvalue weighted by molar-refractivity contribution is -0.107. The molecule has 1 aliphatic heterocycles. The summed E-state index contributed by atoms with van der Waals surface area (Å²) in [4.78, 5) is 7.31. The first-order valence-electron chi connectivity index (χ1n) is 8.36. The maximum absolute atomic E-state index is 12.6. The van der Waals surface area contributed by atoms with Crippen molar-refractivity contribution in [2.45, 2.75) is 24.9 Å². The van der Waals surface area contributed by atoms with Crippen LogP contribution in [0.3, 0.4) is 0 Å². The average molecular weight is 399 g/mol. The molecule has 11 heteroatoms. The first-order valence-corrected chi connectivity index (χ1v) is 9.97. The fourth-order valence-electron chi connectivity index (χ4n) is 3.61. The molecule has 1 unspecified atom stereocenters. The SMILES string of the molecule is O=S(=O)(CC(F)(F)F)N1CCCC(c2nncc3cnc4[nH]ccc4c23)C1. The van der Waals surface area contributed by atoms with Crippen molar-refractivity contribution in [1.82, 2.24) is 24.5 Å². The summed E-state index contributed by atoms with van der Waals surface area (Å²) >= 11 is 0. The molecule has 0 spiro atoms. The van der Waals surface area contributed by atoms with Gasteiger partial charge in [0.05, 0.1) is 11.9 Å². The lowest BCUT2D eigenvalue weighted by Crippen LogP contribution is -2.43. The van der Waals surface area contributed by atoms with Crippen LogP contribution in [-0.2, 0) is 10.0 Å². The number of rotatable bonds is 3. The van der Waals surface area contributed by atoms with E-state index in [2.05, 4.69) is 20.2 Å². The van der Waals surface area contributed by atoms with E-state index >= 15 is 0 Å². The number of pyridine rings is 1. The minimum Gasteiger partial charge on any atom is -0.346 e. The van der Waals surface area contributed by atoms with Crippen LogP contribution in [0.2, 0.25) is 0 Å². The molecule has 0 bridgehead atoms. The summed E-state index contributed by atoms with van der Waals surface area (Å²) in [6.07, 6.45) is 1.27. The second-order valence-corrected chi connectivity index (χ2v) is 8.60. The van der Waals surface area contributed by atoms with Crippen LogP contribution >= 0.6 is 0 Å². The zero-order chi connectivity index (χ0) is 19.2. The van der Waals surface area contributed by atoms with Crippen LogP contribution in [0, 0.1) is 0 Å². The summed E-state index contributed by atoms with van der Waals surface area (Å²) in [7, 11) is -4.43. The van der Waals surface area contributed by atoms with Gasteiger partial charge in [-0.2, -0.15) is 23.4 Å². The standard InChI is InChI=1S/C16H16F3N5O2S/c17-16(18,19)9-27(25,26)24-5-1-2-10(8-24)14-13-11(7-22-23-14)6-21-15-12(13)3-4-20-15/h3-4,6-7,10H,1-2,5,8-9H2,(H,20,21). The van der Waals surface area contributed by atoms with Gasteiger partial charge < -0.3 is 4.98 Å². The molecule has 1 fully saturated rings. The molecule has 0 aromatic carbocycles. The van der Waals surface area contributed by atoms with Gasteiger partial charge in [-0.3, -0.25) is 0 Å². The molecule has 144 valence electrons. The predicted octanol–water partition coefficient (Wildman–Crippen LogP) is 2.58. The molecule has 3 aromatic heterocycles. The Morgan fingerprint density at radius 3 is 2.89 bits per heavy atom. The third-order valence-electron chi connectivity index (χ3n) is 4.74. The van der Waals surface area contributed by atoms with Crippen molar-refractivity contribution in [2.24, 2.45) is 0 Å². The van der Waals surface area contributed by atoms with Gasteiger partial charge in [0.15, 0.2) is 5.75 Å². The largest absolute Gasteiger partial charge is 0.404 e. The van der Waals surface area contributed by atoms with E-state index in [0.717, 1.165) is 20.5 Å². The maximum atomic E-state index is 12.6. The topological polar surface area (TPSA) is 91.8 Å². The van der Waals surface area contributed by atoms with Crippen molar-refractivity contribution in [3.8, 4) is 0 Å². The Balaban J connectivity index is 1.73. The minimum absolute atomic E-state index is 0.0412. The van der Waals surface area contributed by atoms with Gasteiger partial charge in [-0.1, -0.05) is 0 Å². The Morgan fingerprint density at radius 1 is 1.30 bits per heavy atom. The molecule has 1 aliphatic rings. The number of nitrogens with one attached hydrogen (secondary N) is 1. The number of hydrogen-bond donors (Lipinski definition) is 1. The van der Waals surface area contributed by atoms with Gasteiger partial charge in [-0.05, 0) is 18.9 Å². The molecule has 27 heavy (non-hydrogen) atoms. The highest BCUT2D eigenvalue weighted by atomic mass is 32.2. The van der Waals surface area contributed by atoms with Crippen LogP contribution in [0.25, 0.3) is 21.8 Å². The van der Waals surface area contributed by atoms with Crippen LogP contribution in [0.5, 0.6) is 0 Å². The van der Waals surface area contributed by atoms with E-state index in [1.807, 2.05) is 6.07 Å². The van der Waals surface area contributed by atoms with E-state index in [1.165, 1.54) is 0 Å². The van der Waals surface area contributed by atoms with Gasteiger partial charge in [-0.25, -0.2) is 17.7 Å². The van der Waals surface area contributed by atoms with Gasteiger partial charge in [0.1, 0.15) is 5.65 Å². The molecular weight excluding hydrogens is 383 g/mol. The highest BCUT2D eigenvalue weighted by molar-refractivity contribution is 7.89. The van der Waals surface area contributed by atoms with Crippen LogP contribution in [0.1, 0.15) is 24.5 Å². The van der Waals surface area contributed by atoms with E-state index < -0.39 is 22.0 Å². The Morgan fingerprint density at radius 2 is 2.11 bits per heavy atom. The number of hydrogen-bond acceptors (Lipinski definition) is 5. The summed E-state index contributed by atoms with van der Waals surface area (Å²) in [5, 5.41) is 10.6. The van der Waals surface area contributed by atoms with Crippen molar-refractivity contribution in [3.05, 3.63) is 30.4 Å². The lowest BCUT2D eigenvalue weighted by atomic mass is 9.92. The van der Waals surface area contributed by atoms with E-state index in [1.54, 1.807) is 18.6 Å².